The van der Waals surface area contributed by atoms with Gasteiger partial charge in [0, 0.05) is 31.2 Å². The van der Waals surface area contributed by atoms with Crippen molar-refractivity contribution in [3.8, 4) is 0 Å². The lowest BCUT2D eigenvalue weighted by atomic mass is 9.97. The molecule has 1 aromatic rings. The van der Waals surface area contributed by atoms with Crippen LogP contribution in [0.15, 0.2) is 17.0 Å². The van der Waals surface area contributed by atoms with Gasteiger partial charge in [-0.25, -0.2) is 8.42 Å². The van der Waals surface area contributed by atoms with Crippen LogP contribution in [0.25, 0.3) is 0 Å². The fourth-order valence-electron chi connectivity index (χ4n) is 4.76. The molecule has 0 radical (unpaired) electrons. The molecular formula is C19H25Cl2N3O3S. The molecule has 6 nitrogen and oxygen atoms in total. The molecule has 1 aromatic carbocycles. The standard InChI is InChI=1S/C19H25Cl2N3O3S/c1-23-13-4-5-14(23)9-12(8-13)22-19(25)15-10-18(17(21)11-16(15)20)28(26,27)24-6-2-3-7-24/h10-14H,2-9H2,1H3,(H,22,25)/t12?,13-,14+. The van der Waals surface area contributed by atoms with Crippen molar-refractivity contribution >= 4 is 39.1 Å². The summed E-state index contributed by atoms with van der Waals surface area (Å²) in [5.41, 5.74) is 0.162. The third-order valence-electron chi connectivity index (χ3n) is 6.38. The Morgan fingerprint density at radius 1 is 1.07 bits per heavy atom. The Labute approximate surface area is 176 Å². The van der Waals surface area contributed by atoms with Gasteiger partial charge in [-0.15, -0.1) is 0 Å². The number of hydrogen-bond donors (Lipinski definition) is 1. The molecule has 2 bridgehead atoms. The Morgan fingerprint density at radius 2 is 1.68 bits per heavy atom. The highest BCUT2D eigenvalue weighted by Crippen LogP contribution is 2.35. The van der Waals surface area contributed by atoms with E-state index in [9.17, 15) is 13.2 Å². The van der Waals surface area contributed by atoms with Crippen molar-refractivity contribution in [1.82, 2.24) is 14.5 Å². The van der Waals surface area contributed by atoms with Gasteiger partial charge in [0.05, 0.1) is 15.6 Å². The monoisotopic (exact) mass is 445 g/mol. The normalized spacial score (nSPS) is 28.6. The zero-order valence-corrected chi connectivity index (χ0v) is 18.2. The molecule has 28 heavy (non-hydrogen) atoms. The number of carbonyl (C=O) groups excluding carboxylic acids is 1. The van der Waals surface area contributed by atoms with E-state index in [-0.39, 0.29) is 32.5 Å². The summed E-state index contributed by atoms with van der Waals surface area (Å²) in [4.78, 5) is 15.3. The minimum Gasteiger partial charge on any atom is -0.349 e. The van der Waals surface area contributed by atoms with E-state index in [2.05, 4.69) is 17.3 Å². The van der Waals surface area contributed by atoms with Gasteiger partial charge in [-0.3, -0.25) is 4.79 Å². The van der Waals surface area contributed by atoms with Crippen LogP contribution in [0.3, 0.4) is 0 Å². The average Bonchev–Trinajstić information content (AvgIpc) is 3.22. The van der Waals surface area contributed by atoms with Crippen LogP contribution in [0.5, 0.6) is 0 Å². The molecule has 3 heterocycles. The summed E-state index contributed by atoms with van der Waals surface area (Å²) in [6, 6.07) is 3.76. The molecule has 3 atom stereocenters. The molecule has 3 aliphatic heterocycles. The van der Waals surface area contributed by atoms with Crippen LogP contribution in [0.4, 0.5) is 0 Å². The van der Waals surface area contributed by atoms with Crippen molar-refractivity contribution in [3.05, 3.63) is 27.7 Å². The first-order valence-electron chi connectivity index (χ1n) is 9.79. The lowest BCUT2D eigenvalue weighted by Gasteiger charge is -2.36. The highest BCUT2D eigenvalue weighted by molar-refractivity contribution is 7.89. The summed E-state index contributed by atoms with van der Waals surface area (Å²) in [6.45, 7) is 0.947. The maximum absolute atomic E-state index is 12.9. The number of hydrogen-bond acceptors (Lipinski definition) is 4. The molecule has 3 aliphatic rings. The van der Waals surface area contributed by atoms with Crippen LogP contribution in [0, 0.1) is 0 Å². The fourth-order valence-corrected chi connectivity index (χ4v) is 7.11. The Balaban J connectivity index is 1.57. The summed E-state index contributed by atoms with van der Waals surface area (Å²) in [5, 5.41) is 3.28. The quantitative estimate of drug-likeness (QED) is 0.772. The van der Waals surface area contributed by atoms with E-state index >= 15 is 0 Å². The van der Waals surface area contributed by atoms with E-state index in [0.29, 0.717) is 25.2 Å². The van der Waals surface area contributed by atoms with E-state index in [0.717, 1.165) is 38.5 Å². The second kappa shape index (κ2) is 7.76. The van der Waals surface area contributed by atoms with Crippen LogP contribution in [0.2, 0.25) is 10.0 Å². The lowest BCUT2D eigenvalue weighted by Crippen LogP contribution is -2.48. The van der Waals surface area contributed by atoms with E-state index in [1.807, 2.05) is 0 Å². The molecule has 1 N–H and O–H groups in total. The molecule has 1 amide bonds. The van der Waals surface area contributed by atoms with Gasteiger partial charge in [0.25, 0.3) is 5.91 Å². The van der Waals surface area contributed by atoms with Gasteiger partial charge in [-0.1, -0.05) is 23.2 Å². The van der Waals surface area contributed by atoms with Gasteiger partial charge in [0.1, 0.15) is 4.90 Å². The largest absolute Gasteiger partial charge is 0.349 e. The maximum Gasteiger partial charge on any atom is 0.253 e. The molecule has 3 fully saturated rings. The minimum atomic E-state index is -3.73. The molecule has 9 heteroatoms. The van der Waals surface area contributed by atoms with Crippen molar-refractivity contribution in [1.29, 1.82) is 0 Å². The number of nitrogens with zero attached hydrogens (tertiary/aromatic N) is 2. The number of piperidine rings is 1. The van der Waals surface area contributed by atoms with Gasteiger partial charge in [0.2, 0.25) is 10.0 Å². The number of benzene rings is 1. The van der Waals surface area contributed by atoms with Crippen LogP contribution in [0.1, 0.15) is 48.9 Å². The minimum absolute atomic E-state index is 0.0470. The first-order chi connectivity index (χ1) is 13.3. The molecule has 0 aromatic heterocycles. The number of carbonyl (C=O) groups is 1. The molecule has 0 spiro atoms. The summed E-state index contributed by atoms with van der Waals surface area (Å²) in [6.07, 6.45) is 5.79. The highest BCUT2D eigenvalue weighted by Gasteiger charge is 2.39. The Hall–Kier alpha value is -0.860. The van der Waals surface area contributed by atoms with E-state index in [4.69, 9.17) is 23.2 Å². The first-order valence-corrected chi connectivity index (χ1v) is 12.0. The summed E-state index contributed by atoms with van der Waals surface area (Å²) < 4.78 is 27.3. The van der Waals surface area contributed by atoms with Crippen LogP contribution >= 0.6 is 23.2 Å². The van der Waals surface area contributed by atoms with Gasteiger partial charge in [-0.2, -0.15) is 4.31 Å². The van der Waals surface area contributed by atoms with E-state index < -0.39 is 10.0 Å². The molecule has 0 saturated carbocycles. The van der Waals surface area contributed by atoms with Crippen molar-refractivity contribution < 1.29 is 13.2 Å². The average molecular weight is 446 g/mol. The highest BCUT2D eigenvalue weighted by atomic mass is 35.5. The van der Waals surface area contributed by atoms with Crippen molar-refractivity contribution in [2.45, 2.75) is 61.5 Å². The third kappa shape index (κ3) is 3.67. The Morgan fingerprint density at radius 3 is 2.29 bits per heavy atom. The second-order valence-corrected chi connectivity index (χ2v) is 10.8. The predicted octanol–water partition coefficient (Wildman–Crippen LogP) is 3.13. The Bertz CT molecular complexity index is 873. The van der Waals surface area contributed by atoms with Crippen LogP contribution in [-0.2, 0) is 10.0 Å². The predicted molar refractivity (Wildman–Crippen MR) is 110 cm³/mol. The molecule has 3 saturated heterocycles. The summed E-state index contributed by atoms with van der Waals surface area (Å²) >= 11 is 12.5. The fraction of sp³-hybridized carbons (Fsp3) is 0.632. The molecule has 4 rings (SSSR count). The van der Waals surface area contributed by atoms with Crippen molar-refractivity contribution in [2.24, 2.45) is 0 Å². The number of sulfonamides is 1. The number of amides is 1. The van der Waals surface area contributed by atoms with Crippen LogP contribution < -0.4 is 5.32 Å². The zero-order chi connectivity index (χ0) is 20.1. The van der Waals surface area contributed by atoms with Gasteiger partial charge >= 0.3 is 0 Å². The molecular weight excluding hydrogens is 421 g/mol. The lowest BCUT2D eigenvalue weighted by molar-refractivity contribution is 0.0882. The number of fused-ring (bicyclic) bond motifs is 2. The molecule has 154 valence electrons. The maximum atomic E-state index is 12.9. The van der Waals surface area contributed by atoms with Crippen LogP contribution in [-0.4, -0.2) is 61.8 Å². The SMILES string of the molecule is CN1[C@@H]2CC[C@H]1CC(NC(=O)c1cc(S(=O)(=O)N3CCCC3)c(Cl)cc1Cl)C2. The molecule has 1 unspecified atom stereocenters. The van der Waals surface area contributed by atoms with Gasteiger partial charge < -0.3 is 10.2 Å². The number of rotatable bonds is 4. The summed E-state index contributed by atoms with van der Waals surface area (Å²) in [7, 11) is -1.59. The first kappa shape index (κ1) is 20.4. The van der Waals surface area contributed by atoms with Crippen molar-refractivity contribution in [3.63, 3.8) is 0 Å². The molecule has 0 aliphatic carbocycles. The topological polar surface area (TPSA) is 69.7 Å². The van der Waals surface area contributed by atoms with Gasteiger partial charge in [0.15, 0.2) is 0 Å². The van der Waals surface area contributed by atoms with E-state index in [1.54, 1.807) is 0 Å². The number of nitrogens with one attached hydrogen (secondary N) is 1. The van der Waals surface area contributed by atoms with Gasteiger partial charge in [-0.05, 0) is 57.7 Å². The van der Waals surface area contributed by atoms with E-state index in [1.165, 1.54) is 16.4 Å². The van der Waals surface area contributed by atoms with Crippen molar-refractivity contribution in [2.75, 3.05) is 20.1 Å². The third-order valence-corrected chi connectivity index (χ3v) is 9.06. The summed E-state index contributed by atoms with van der Waals surface area (Å²) in [5.74, 6) is -0.339. The number of halogens is 2. The smallest absolute Gasteiger partial charge is 0.253 e. The Kier molecular flexibility index (Phi) is 5.66. The zero-order valence-electron chi connectivity index (χ0n) is 15.8. The second-order valence-electron chi connectivity index (χ2n) is 8.07.